The van der Waals surface area contributed by atoms with Crippen molar-refractivity contribution in [2.45, 2.75) is 32.2 Å². The lowest BCUT2D eigenvalue weighted by Crippen LogP contribution is -2.49. The van der Waals surface area contributed by atoms with Crippen LogP contribution in [0.1, 0.15) is 35.4 Å². The van der Waals surface area contributed by atoms with Crippen molar-refractivity contribution in [1.29, 1.82) is 0 Å². The van der Waals surface area contributed by atoms with Crippen molar-refractivity contribution in [3.8, 4) is 0 Å². The minimum Gasteiger partial charge on any atom is -0.353 e. The lowest BCUT2D eigenvalue weighted by atomic mass is 10.1. The second-order valence-corrected chi connectivity index (χ2v) is 7.99. The number of rotatable bonds is 2. The van der Waals surface area contributed by atoms with Crippen LogP contribution in [0.4, 0.5) is 5.82 Å². The van der Waals surface area contributed by atoms with Crippen molar-refractivity contribution in [3.05, 3.63) is 64.3 Å². The molecule has 2 aliphatic rings. The van der Waals surface area contributed by atoms with E-state index in [1.54, 1.807) is 24.4 Å². The highest BCUT2D eigenvalue weighted by molar-refractivity contribution is 5.97. The van der Waals surface area contributed by atoms with Crippen LogP contribution in [-0.2, 0) is 13.0 Å². The number of nitrogens with zero attached hydrogens (tertiary/aromatic N) is 5. The van der Waals surface area contributed by atoms with E-state index in [-0.39, 0.29) is 11.5 Å². The van der Waals surface area contributed by atoms with Gasteiger partial charge in [0.25, 0.3) is 11.5 Å². The van der Waals surface area contributed by atoms with Crippen LogP contribution in [0.15, 0.2) is 47.4 Å². The highest BCUT2D eigenvalue weighted by Gasteiger charge is 2.23. The molecule has 2 aromatic heterocycles. The Morgan fingerprint density at radius 2 is 1.80 bits per heavy atom. The SMILES string of the molecule is O=C(c1ccc2c(=O)n3c(nc2c1)CCCCC3)N1CCN(c2ccccn2)CC1. The van der Waals surface area contributed by atoms with Crippen LogP contribution < -0.4 is 10.5 Å². The third kappa shape index (κ3) is 3.44. The van der Waals surface area contributed by atoms with E-state index in [4.69, 9.17) is 4.98 Å². The first kappa shape index (κ1) is 18.8. The van der Waals surface area contributed by atoms with Crippen molar-refractivity contribution in [3.63, 3.8) is 0 Å². The molecule has 1 aromatic carbocycles. The molecule has 0 unspecified atom stereocenters. The van der Waals surface area contributed by atoms with Crippen molar-refractivity contribution in [1.82, 2.24) is 19.4 Å². The predicted molar refractivity (Wildman–Crippen MR) is 116 cm³/mol. The molecule has 0 saturated carbocycles. The summed E-state index contributed by atoms with van der Waals surface area (Å²) in [7, 11) is 0. The molecule has 0 N–H and O–H groups in total. The topological polar surface area (TPSA) is 71.3 Å². The van der Waals surface area contributed by atoms with Crippen LogP contribution in [0, 0.1) is 0 Å². The second kappa shape index (κ2) is 7.89. The van der Waals surface area contributed by atoms with Crippen LogP contribution in [0.2, 0.25) is 0 Å². The number of fused-ring (bicyclic) bond motifs is 2. The Bertz CT molecular complexity index is 1130. The largest absolute Gasteiger partial charge is 0.353 e. The zero-order chi connectivity index (χ0) is 20.5. The molecule has 154 valence electrons. The summed E-state index contributed by atoms with van der Waals surface area (Å²) in [5.41, 5.74) is 1.24. The van der Waals surface area contributed by atoms with Crippen LogP contribution in [0.5, 0.6) is 0 Å². The van der Waals surface area contributed by atoms with Gasteiger partial charge < -0.3 is 9.80 Å². The first-order valence-corrected chi connectivity index (χ1v) is 10.7. The number of amides is 1. The minimum atomic E-state index is -0.00517. The van der Waals surface area contributed by atoms with Crippen LogP contribution in [0.25, 0.3) is 10.9 Å². The zero-order valence-electron chi connectivity index (χ0n) is 17.0. The number of hydrogen-bond acceptors (Lipinski definition) is 5. The normalized spacial score (nSPS) is 16.9. The Morgan fingerprint density at radius 1 is 0.933 bits per heavy atom. The summed E-state index contributed by atoms with van der Waals surface area (Å²) < 4.78 is 1.81. The van der Waals surface area contributed by atoms with Gasteiger partial charge in [-0.3, -0.25) is 14.2 Å². The lowest BCUT2D eigenvalue weighted by molar-refractivity contribution is 0.0746. The number of carbonyl (C=O) groups is 1. The number of anilines is 1. The highest BCUT2D eigenvalue weighted by Crippen LogP contribution is 2.19. The van der Waals surface area contributed by atoms with Gasteiger partial charge in [-0.15, -0.1) is 0 Å². The monoisotopic (exact) mass is 403 g/mol. The number of pyridine rings is 1. The Labute approximate surface area is 175 Å². The first-order valence-electron chi connectivity index (χ1n) is 10.7. The molecule has 0 radical (unpaired) electrons. The van der Waals surface area contributed by atoms with Gasteiger partial charge in [0.2, 0.25) is 0 Å². The van der Waals surface area contributed by atoms with Gasteiger partial charge in [-0.2, -0.15) is 0 Å². The Hall–Kier alpha value is -3.22. The number of benzene rings is 1. The maximum Gasteiger partial charge on any atom is 0.261 e. The van der Waals surface area contributed by atoms with Crippen LogP contribution >= 0.6 is 0 Å². The molecule has 5 rings (SSSR count). The minimum absolute atomic E-state index is 0.00517. The maximum absolute atomic E-state index is 13.1. The molecule has 7 heteroatoms. The van der Waals surface area contributed by atoms with E-state index in [0.29, 0.717) is 29.6 Å². The van der Waals surface area contributed by atoms with Crippen molar-refractivity contribution >= 4 is 22.6 Å². The van der Waals surface area contributed by atoms with Crippen molar-refractivity contribution < 1.29 is 4.79 Å². The summed E-state index contributed by atoms with van der Waals surface area (Å²) in [6.45, 7) is 3.53. The van der Waals surface area contributed by atoms with Gasteiger partial charge in [-0.05, 0) is 43.2 Å². The Balaban J connectivity index is 1.37. The van der Waals surface area contributed by atoms with Crippen molar-refractivity contribution in [2.24, 2.45) is 0 Å². The molecule has 7 nitrogen and oxygen atoms in total. The first-order chi connectivity index (χ1) is 14.7. The molecule has 1 saturated heterocycles. The predicted octanol–water partition coefficient (Wildman–Crippen LogP) is 2.48. The number of aromatic nitrogens is 3. The molecule has 0 aliphatic carbocycles. The molecule has 0 atom stereocenters. The highest BCUT2D eigenvalue weighted by atomic mass is 16.2. The molecule has 4 heterocycles. The number of aryl methyl sites for hydroxylation is 1. The Morgan fingerprint density at radius 3 is 2.60 bits per heavy atom. The third-order valence-corrected chi connectivity index (χ3v) is 6.10. The fraction of sp³-hybridized carbons (Fsp3) is 0.391. The summed E-state index contributed by atoms with van der Waals surface area (Å²) in [6.07, 6.45) is 5.79. The fourth-order valence-corrected chi connectivity index (χ4v) is 4.41. The lowest BCUT2D eigenvalue weighted by Gasteiger charge is -2.35. The van der Waals surface area contributed by atoms with E-state index in [1.807, 2.05) is 27.7 Å². The van der Waals surface area contributed by atoms with Gasteiger partial charge in [0.15, 0.2) is 0 Å². The van der Waals surface area contributed by atoms with E-state index in [0.717, 1.165) is 57.0 Å². The van der Waals surface area contributed by atoms with E-state index < -0.39 is 0 Å². The number of hydrogen-bond donors (Lipinski definition) is 0. The average Bonchev–Trinajstić information content (AvgIpc) is 3.05. The zero-order valence-corrected chi connectivity index (χ0v) is 17.0. The quantitative estimate of drug-likeness (QED) is 0.657. The van der Waals surface area contributed by atoms with E-state index in [9.17, 15) is 9.59 Å². The Kier molecular flexibility index (Phi) is 4.94. The molecular formula is C23H25N5O2. The van der Waals surface area contributed by atoms with Gasteiger partial charge >= 0.3 is 0 Å². The molecule has 1 amide bonds. The number of carbonyl (C=O) groups excluding carboxylic acids is 1. The fourth-order valence-electron chi connectivity index (χ4n) is 4.41. The van der Waals surface area contributed by atoms with E-state index in [1.165, 1.54) is 0 Å². The van der Waals surface area contributed by atoms with Crippen LogP contribution in [-0.4, -0.2) is 51.5 Å². The van der Waals surface area contributed by atoms with Gasteiger partial charge in [-0.1, -0.05) is 12.5 Å². The molecular weight excluding hydrogens is 378 g/mol. The summed E-state index contributed by atoms with van der Waals surface area (Å²) in [5.74, 6) is 1.79. The summed E-state index contributed by atoms with van der Waals surface area (Å²) in [4.78, 5) is 39.2. The van der Waals surface area contributed by atoms with Crippen molar-refractivity contribution in [2.75, 3.05) is 31.1 Å². The smallest absolute Gasteiger partial charge is 0.261 e. The van der Waals surface area contributed by atoms with Gasteiger partial charge in [0.05, 0.1) is 10.9 Å². The summed E-state index contributed by atoms with van der Waals surface area (Å²) in [5, 5.41) is 0.595. The average molecular weight is 403 g/mol. The molecule has 1 fully saturated rings. The molecule has 0 spiro atoms. The van der Waals surface area contributed by atoms with Gasteiger partial charge in [0.1, 0.15) is 11.6 Å². The third-order valence-electron chi connectivity index (χ3n) is 6.10. The number of piperazine rings is 1. The van der Waals surface area contributed by atoms with Gasteiger partial charge in [0, 0.05) is 50.9 Å². The van der Waals surface area contributed by atoms with E-state index >= 15 is 0 Å². The molecule has 0 bridgehead atoms. The maximum atomic E-state index is 13.1. The van der Waals surface area contributed by atoms with Crippen LogP contribution in [0.3, 0.4) is 0 Å². The molecule has 3 aromatic rings. The standard InChI is InChI=1S/C23H25N5O2/c29-22(27-14-12-26(13-15-27)20-6-3-4-10-24-20)17-8-9-18-19(16-17)25-21-7-2-1-5-11-28(21)23(18)30/h3-4,6,8-10,16H,1-2,5,7,11-15H2. The van der Waals surface area contributed by atoms with Gasteiger partial charge in [-0.25, -0.2) is 9.97 Å². The van der Waals surface area contributed by atoms with E-state index in [2.05, 4.69) is 9.88 Å². The molecule has 2 aliphatic heterocycles. The summed E-state index contributed by atoms with van der Waals surface area (Å²) >= 11 is 0. The molecule has 30 heavy (non-hydrogen) atoms. The summed E-state index contributed by atoms with van der Waals surface area (Å²) in [6, 6.07) is 11.2. The second-order valence-electron chi connectivity index (χ2n) is 7.99.